The van der Waals surface area contributed by atoms with Crippen LogP contribution in [0.3, 0.4) is 0 Å². The maximum Gasteiger partial charge on any atom is 0.312 e. The normalized spacial score (nSPS) is 12.1. The molecule has 1 atom stereocenters. The van der Waals surface area contributed by atoms with E-state index >= 15 is 0 Å². The van der Waals surface area contributed by atoms with Crippen molar-refractivity contribution in [2.24, 2.45) is 5.73 Å². The Morgan fingerprint density at radius 3 is 2.69 bits per heavy atom. The molecule has 1 unspecified atom stereocenters. The average Bonchev–Trinajstić information content (AvgIpc) is 2.20. The first-order valence-corrected chi connectivity index (χ1v) is 5.13. The fourth-order valence-corrected chi connectivity index (χ4v) is 1.68. The maximum absolute atomic E-state index is 10.9. The lowest BCUT2D eigenvalue weighted by Crippen LogP contribution is -2.22. The Hall–Kier alpha value is -1.47. The van der Waals surface area contributed by atoms with Crippen LogP contribution in [-0.2, 0) is 4.79 Å². The second-order valence-electron chi connectivity index (χ2n) is 3.09. The number of nitrogens with zero attached hydrogens (tertiary/aromatic N) is 1. The van der Waals surface area contributed by atoms with E-state index in [0.29, 0.717) is 4.47 Å². The third kappa shape index (κ3) is 2.56. The first kappa shape index (κ1) is 12.6. The molecule has 0 amide bonds. The summed E-state index contributed by atoms with van der Waals surface area (Å²) in [5, 5.41) is 19.7. The van der Waals surface area contributed by atoms with E-state index in [-0.39, 0.29) is 17.8 Å². The van der Waals surface area contributed by atoms with Crippen molar-refractivity contribution in [2.45, 2.75) is 5.92 Å². The maximum atomic E-state index is 10.9. The third-order valence-electron chi connectivity index (χ3n) is 2.10. The van der Waals surface area contributed by atoms with Crippen molar-refractivity contribution in [3.8, 4) is 0 Å². The van der Waals surface area contributed by atoms with Crippen LogP contribution in [0.25, 0.3) is 0 Å². The summed E-state index contributed by atoms with van der Waals surface area (Å²) < 4.78 is 0.518. The molecule has 1 aromatic rings. The van der Waals surface area contributed by atoms with Gasteiger partial charge in [-0.05, 0) is 6.07 Å². The summed E-state index contributed by atoms with van der Waals surface area (Å²) >= 11 is 3.09. The predicted octanol–water partition coefficient (Wildman–Crippen LogP) is 1.48. The smallest absolute Gasteiger partial charge is 0.312 e. The number of carbonyl (C=O) groups is 1. The summed E-state index contributed by atoms with van der Waals surface area (Å²) in [4.78, 5) is 21.0. The number of halogens is 1. The SMILES string of the molecule is NCC(C(=O)O)c1ccc(Br)cc1[N+](=O)[O-]. The highest BCUT2D eigenvalue weighted by Crippen LogP contribution is 2.29. The number of hydrogen-bond donors (Lipinski definition) is 2. The van der Waals surface area contributed by atoms with Gasteiger partial charge in [-0.25, -0.2) is 0 Å². The van der Waals surface area contributed by atoms with Gasteiger partial charge in [0.25, 0.3) is 5.69 Å². The van der Waals surface area contributed by atoms with E-state index < -0.39 is 16.8 Å². The van der Waals surface area contributed by atoms with Crippen molar-refractivity contribution in [1.29, 1.82) is 0 Å². The number of nitro groups is 1. The molecule has 6 nitrogen and oxygen atoms in total. The van der Waals surface area contributed by atoms with Crippen LogP contribution in [0.1, 0.15) is 11.5 Å². The molecule has 0 fully saturated rings. The molecule has 86 valence electrons. The summed E-state index contributed by atoms with van der Waals surface area (Å²) in [6.45, 7) is -0.183. The van der Waals surface area contributed by atoms with Gasteiger partial charge >= 0.3 is 5.97 Å². The summed E-state index contributed by atoms with van der Waals surface area (Å²) in [6, 6.07) is 4.21. The summed E-state index contributed by atoms with van der Waals surface area (Å²) in [6.07, 6.45) is 0. The van der Waals surface area contributed by atoms with E-state index in [1.54, 1.807) is 6.07 Å². The predicted molar refractivity (Wildman–Crippen MR) is 60.2 cm³/mol. The molecular formula is C9H9BrN2O4. The fourth-order valence-electron chi connectivity index (χ4n) is 1.33. The Bertz CT molecular complexity index is 436. The third-order valence-corrected chi connectivity index (χ3v) is 2.59. The Kier molecular flexibility index (Phi) is 3.97. The van der Waals surface area contributed by atoms with Gasteiger partial charge < -0.3 is 10.8 Å². The van der Waals surface area contributed by atoms with E-state index in [1.165, 1.54) is 12.1 Å². The highest BCUT2D eigenvalue weighted by molar-refractivity contribution is 9.10. The zero-order valence-electron chi connectivity index (χ0n) is 8.09. The van der Waals surface area contributed by atoms with Crippen LogP contribution in [0.2, 0.25) is 0 Å². The number of carboxylic acid groups (broad SMARTS) is 1. The zero-order chi connectivity index (χ0) is 12.3. The first-order valence-electron chi connectivity index (χ1n) is 4.34. The zero-order valence-corrected chi connectivity index (χ0v) is 9.68. The lowest BCUT2D eigenvalue weighted by atomic mass is 9.98. The van der Waals surface area contributed by atoms with Crippen molar-refractivity contribution in [3.63, 3.8) is 0 Å². The van der Waals surface area contributed by atoms with Gasteiger partial charge in [-0.1, -0.05) is 22.0 Å². The number of carboxylic acids is 1. The minimum Gasteiger partial charge on any atom is -0.481 e. The summed E-state index contributed by atoms with van der Waals surface area (Å²) in [7, 11) is 0. The molecule has 0 saturated heterocycles. The van der Waals surface area contributed by atoms with Gasteiger partial charge in [-0.2, -0.15) is 0 Å². The quantitative estimate of drug-likeness (QED) is 0.645. The molecule has 0 saturated carbocycles. The topological polar surface area (TPSA) is 106 Å². The molecule has 16 heavy (non-hydrogen) atoms. The average molecular weight is 289 g/mol. The summed E-state index contributed by atoms with van der Waals surface area (Å²) in [5.74, 6) is -2.23. The van der Waals surface area contributed by atoms with Crippen molar-refractivity contribution < 1.29 is 14.8 Å². The Balaban J connectivity index is 3.31. The molecule has 0 bridgehead atoms. The first-order chi connectivity index (χ1) is 7.47. The molecule has 0 aliphatic rings. The van der Waals surface area contributed by atoms with Gasteiger partial charge in [0.1, 0.15) is 5.92 Å². The van der Waals surface area contributed by atoms with E-state index in [2.05, 4.69) is 15.9 Å². The molecule has 0 aliphatic carbocycles. The lowest BCUT2D eigenvalue weighted by Gasteiger charge is -2.10. The van der Waals surface area contributed by atoms with Crippen LogP contribution in [0.5, 0.6) is 0 Å². The molecule has 0 spiro atoms. The van der Waals surface area contributed by atoms with E-state index in [1.807, 2.05) is 0 Å². The lowest BCUT2D eigenvalue weighted by molar-refractivity contribution is -0.385. The van der Waals surface area contributed by atoms with Crippen molar-refractivity contribution >= 4 is 27.6 Å². The van der Waals surface area contributed by atoms with E-state index in [4.69, 9.17) is 10.8 Å². The largest absolute Gasteiger partial charge is 0.481 e. The Morgan fingerprint density at radius 1 is 1.62 bits per heavy atom. The number of benzene rings is 1. The van der Waals surface area contributed by atoms with Crippen LogP contribution in [0.15, 0.2) is 22.7 Å². The Morgan fingerprint density at radius 2 is 2.25 bits per heavy atom. The summed E-state index contributed by atoms with van der Waals surface area (Å²) in [5.41, 5.74) is 5.17. The number of aliphatic carboxylic acids is 1. The van der Waals surface area contributed by atoms with Crippen molar-refractivity contribution in [3.05, 3.63) is 38.3 Å². The van der Waals surface area contributed by atoms with Crippen LogP contribution in [0, 0.1) is 10.1 Å². The highest BCUT2D eigenvalue weighted by Gasteiger charge is 2.26. The van der Waals surface area contributed by atoms with Crippen LogP contribution >= 0.6 is 15.9 Å². The molecule has 1 aromatic carbocycles. The van der Waals surface area contributed by atoms with Gasteiger partial charge in [-0.15, -0.1) is 0 Å². The second kappa shape index (κ2) is 5.04. The molecule has 0 radical (unpaired) electrons. The number of hydrogen-bond acceptors (Lipinski definition) is 4. The van der Waals surface area contributed by atoms with Gasteiger partial charge in [0.05, 0.1) is 4.92 Å². The van der Waals surface area contributed by atoms with Crippen LogP contribution in [0.4, 0.5) is 5.69 Å². The fraction of sp³-hybridized carbons (Fsp3) is 0.222. The standard InChI is InChI=1S/C9H9BrN2O4/c10-5-1-2-6(7(4-11)9(13)14)8(3-5)12(15)16/h1-3,7H,4,11H2,(H,13,14). The molecule has 3 N–H and O–H groups in total. The van der Waals surface area contributed by atoms with Crippen molar-refractivity contribution in [1.82, 2.24) is 0 Å². The number of nitro benzene ring substituents is 1. The molecule has 7 heteroatoms. The molecular weight excluding hydrogens is 280 g/mol. The van der Waals surface area contributed by atoms with E-state index in [9.17, 15) is 14.9 Å². The number of rotatable bonds is 4. The highest BCUT2D eigenvalue weighted by atomic mass is 79.9. The van der Waals surface area contributed by atoms with Crippen LogP contribution in [-0.4, -0.2) is 22.5 Å². The second-order valence-corrected chi connectivity index (χ2v) is 4.00. The van der Waals surface area contributed by atoms with Gasteiger partial charge in [0.2, 0.25) is 0 Å². The van der Waals surface area contributed by atoms with Gasteiger partial charge in [0, 0.05) is 22.6 Å². The minimum atomic E-state index is -1.17. The minimum absolute atomic E-state index is 0.114. The molecule has 0 heterocycles. The molecule has 1 rings (SSSR count). The van der Waals surface area contributed by atoms with Gasteiger partial charge in [0.15, 0.2) is 0 Å². The van der Waals surface area contributed by atoms with Crippen LogP contribution < -0.4 is 5.73 Å². The monoisotopic (exact) mass is 288 g/mol. The number of nitrogens with two attached hydrogens (primary N) is 1. The molecule has 0 aliphatic heterocycles. The Labute approximate surface area is 99.3 Å². The van der Waals surface area contributed by atoms with E-state index in [0.717, 1.165) is 0 Å². The van der Waals surface area contributed by atoms with Gasteiger partial charge in [-0.3, -0.25) is 14.9 Å². The van der Waals surface area contributed by atoms with Crippen molar-refractivity contribution in [2.75, 3.05) is 6.54 Å². The molecule has 0 aromatic heterocycles.